The zero-order valence-corrected chi connectivity index (χ0v) is 16.9. The van der Waals surface area contributed by atoms with Gasteiger partial charge in [-0.1, -0.05) is 0 Å². The van der Waals surface area contributed by atoms with Crippen molar-refractivity contribution in [1.29, 1.82) is 0 Å². The Labute approximate surface area is 171 Å². The van der Waals surface area contributed by atoms with Crippen LogP contribution >= 0.6 is 34.4 Å². The van der Waals surface area contributed by atoms with Crippen LogP contribution in [0.3, 0.4) is 0 Å². The second-order valence-corrected chi connectivity index (χ2v) is 7.26. The molecule has 1 saturated heterocycles. The van der Waals surface area contributed by atoms with Crippen LogP contribution in [0.2, 0.25) is 0 Å². The Bertz CT molecular complexity index is 838. The van der Waals surface area contributed by atoms with E-state index in [2.05, 4.69) is 0 Å². The molecule has 144 valence electrons. The summed E-state index contributed by atoms with van der Waals surface area (Å²) in [7, 11) is 0. The molecule has 2 rings (SSSR count). The van der Waals surface area contributed by atoms with E-state index in [9.17, 15) is 19.2 Å². The summed E-state index contributed by atoms with van der Waals surface area (Å²) in [5.41, 5.74) is 0.520. The maximum absolute atomic E-state index is 12.2. The number of hydrogen-bond donors (Lipinski definition) is 2. The van der Waals surface area contributed by atoms with Crippen molar-refractivity contribution in [3.05, 3.63) is 26.2 Å². The summed E-state index contributed by atoms with van der Waals surface area (Å²) in [6, 6.07) is 3.18. The zero-order valence-electron chi connectivity index (χ0n) is 13.9. The Morgan fingerprint density at radius 3 is 2.52 bits per heavy atom. The molecule has 1 fully saturated rings. The molecule has 9 nitrogen and oxygen atoms in total. The third-order valence-corrected chi connectivity index (χ3v) is 4.85. The van der Waals surface area contributed by atoms with Gasteiger partial charge in [0.05, 0.1) is 15.1 Å². The fourth-order valence-corrected chi connectivity index (χ4v) is 3.75. The topological polar surface area (TPSA) is 130 Å². The molecule has 2 N–H and O–H groups in total. The molecule has 27 heavy (non-hydrogen) atoms. The lowest BCUT2D eigenvalue weighted by Crippen LogP contribution is -2.33. The second-order valence-electron chi connectivity index (χ2n) is 5.11. The predicted octanol–water partition coefficient (Wildman–Crippen LogP) is 2.27. The molecule has 1 aromatic rings. The van der Waals surface area contributed by atoms with Crippen LogP contribution in [0.1, 0.15) is 12.5 Å². The second kappa shape index (κ2) is 9.08. The molecular formula is C16H14INO8S. The largest absolute Gasteiger partial charge is 0.490 e. The Hall–Kier alpha value is -2.28. The number of thioether (sulfide) groups is 1. The number of carbonyl (C=O) groups is 4. The standard InChI is InChI=1S/C16H14INO8S/c1-2-25-10-4-8(3-9(17)14(10)26-7-13(21)22)5-11-15(23)18(6-12(19)20)16(24)27-11/h3-5H,2,6-7H2,1H3,(H,19,20)(H,21,22)/b11-5+. The molecule has 0 spiro atoms. The van der Waals surface area contributed by atoms with Gasteiger partial charge in [0.25, 0.3) is 11.1 Å². The van der Waals surface area contributed by atoms with Crippen LogP contribution in [-0.4, -0.2) is 58.0 Å². The van der Waals surface area contributed by atoms with Crippen LogP contribution in [0.5, 0.6) is 11.5 Å². The maximum Gasteiger partial charge on any atom is 0.341 e. The first-order valence-corrected chi connectivity index (χ1v) is 9.40. The van der Waals surface area contributed by atoms with E-state index in [1.54, 1.807) is 19.1 Å². The molecule has 0 aliphatic carbocycles. The van der Waals surface area contributed by atoms with Crippen molar-refractivity contribution < 1.29 is 38.9 Å². The van der Waals surface area contributed by atoms with Gasteiger partial charge >= 0.3 is 11.9 Å². The molecule has 1 aliphatic heterocycles. The van der Waals surface area contributed by atoms with Crippen molar-refractivity contribution in [1.82, 2.24) is 4.90 Å². The number of imide groups is 1. The first-order chi connectivity index (χ1) is 12.7. The lowest BCUT2D eigenvalue weighted by molar-refractivity contribution is -0.140. The summed E-state index contributed by atoms with van der Waals surface area (Å²) in [6.07, 6.45) is 1.44. The van der Waals surface area contributed by atoms with Crippen molar-refractivity contribution >= 4 is 63.5 Å². The van der Waals surface area contributed by atoms with E-state index in [4.69, 9.17) is 19.7 Å². The van der Waals surface area contributed by atoms with Crippen molar-refractivity contribution in [2.24, 2.45) is 0 Å². The van der Waals surface area contributed by atoms with Gasteiger partial charge in [0.15, 0.2) is 18.1 Å². The number of aliphatic carboxylic acids is 2. The van der Waals surface area contributed by atoms with Gasteiger partial charge in [-0.2, -0.15) is 0 Å². The monoisotopic (exact) mass is 507 g/mol. The van der Waals surface area contributed by atoms with Crippen LogP contribution < -0.4 is 9.47 Å². The smallest absolute Gasteiger partial charge is 0.341 e. The SMILES string of the molecule is CCOc1cc(/C=C2/SC(=O)N(CC(=O)O)C2=O)cc(I)c1OCC(=O)O. The number of nitrogens with zero attached hydrogens (tertiary/aromatic N) is 1. The molecule has 11 heteroatoms. The highest BCUT2D eigenvalue weighted by atomic mass is 127. The average Bonchev–Trinajstić information content (AvgIpc) is 2.81. The Kier molecular flexibility index (Phi) is 7.07. The van der Waals surface area contributed by atoms with E-state index in [0.717, 1.165) is 0 Å². The van der Waals surface area contributed by atoms with E-state index in [-0.39, 0.29) is 10.7 Å². The fourth-order valence-electron chi connectivity index (χ4n) is 2.13. The average molecular weight is 507 g/mol. The molecule has 0 bridgehead atoms. The number of rotatable bonds is 8. The van der Waals surface area contributed by atoms with Crippen LogP contribution in [0, 0.1) is 3.57 Å². The number of amides is 2. The number of benzene rings is 1. The molecule has 1 aliphatic rings. The predicted molar refractivity (Wildman–Crippen MR) is 104 cm³/mol. The molecule has 0 unspecified atom stereocenters. The number of carbonyl (C=O) groups excluding carboxylic acids is 2. The van der Waals surface area contributed by atoms with Crippen LogP contribution in [0.25, 0.3) is 6.08 Å². The molecule has 0 aromatic heterocycles. The number of hydrogen-bond acceptors (Lipinski definition) is 7. The van der Waals surface area contributed by atoms with Gasteiger partial charge in [0.2, 0.25) is 0 Å². The van der Waals surface area contributed by atoms with E-state index in [1.807, 2.05) is 22.6 Å². The first-order valence-electron chi connectivity index (χ1n) is 7.51. The van der Waals surface area contributed by atoms with Crippen molar-refractivity contribution in [2.75, 3.05) is 19.8 Å². The molecular weight excluding hydrogens is 493 g/mol. The highest BCUT2D eigenvalue weighted by Crippen LogP contribution is 2.37. The highest BCUT2D eigenvalue weighted by molar-refractivity contribution is 14.1. The zero-order chi connectivity index (χ0) is 20.1. The van der Waals surface area contributed by atoms with Crippen molar-refractivity contribution in [3.63, 3.8) is 0 Å². The quantitative estimate of drug-likeness (QED) is 0.402. The van der Waals surface area contributed by atoms with Gasteiger partial charge in [-0.05, 0) is 65.0 Å². The van der Waals surface area contributed by atoms with E-state index < -0.39 is 36.2 Å². The minimum atomic E-state index is -1.29. The van der Waals surface area contributed by atoms with Crippen LogP contribution in [-0.2, 0) is 14.4 Å². The molecule has 1 aromatic carbocycles. The van der Waals surface area contributed by atoms with Gasteiger partial charge in [-0.3, -0.25) is 19.3 Å². The lowest BCUT2D eigenvalue weighted by Gasteiger charge is -2.13. The third-order valence-electron chi connectivity index (χ3n) is 3.14. The highest BCUT2D eigenvalue weighted by Gasteiger charge is 2.36. The van der Waals surface area contributed by atoms with E-state index >= 15 is 0 Å². The van der Waals surface area contributed by atoms with Gasteiger partial charge in [-0.15, -0.1) is 0 Å². The van der Waals surface area contributed by atoms with E-state index in [0.29, 0.717) is 38.2 Å². The number of carboxylic acids is 2. The van der Waals surface area contributed by atoms with Crippen LogP contribution in [0.15, 0.2) is 17.0 Å². The number of carboxylic acid groups (broad SMARTS) is 2. The summed E-state index contributed by atoms with van der Waals surface area (Å²) >= 11 is 2.59. The summed E-state index contributed by atoms with van der Waals surface area (Å²) in [5, 5.41) is 16.9. The molecule has 2 amide bonds. The van der Waals surface area contributed by atoms with Gasteiger partial charge < -0.3 is 19.7 Å². The number of ether oxygens (including phenoxy) is 2. The fraction of sp³-hybridized carbons (Fsp3) is 0.250. The minimum absolute atomic E-state index is 0.0821. The summed E-state index contributed by atoms with van der Waals surface area (Å²) in [5.74, 6) is -2.56. The van der Waals surface area contributed by atoms with Crippen molar-refractivity contribution in [3.8, 4) is 11.5 Å². The normalized spacial score (nSPS) is 15.3. The Morgan fingerprint density at radius 2 is 1.93 bits per heavy atom. The summed E-state index contributed by atoms with van der Waals surface area (Å²) in [4.78, 5) is 46.3. The maximum atomic E-state index is 12.2. The lowest BCUT2D eigenvalue weighted by atomic mass is 10.2. The Balaban J connectivity index is 2.34. The summed E-state index contributed by atoms with van der Waals surface area (Å²) < 4.78 is 11.3. The first kappa shape index (κ1) is 21.0. The third kappa shape index (κ3) is 5.35. The summed E-state index contributed by atoms with van der Waals surface area (Å²) in [6.45, 7) is 0.811. The van der Waals surface area contributed by atoms with Crippen LogP contribution in [0.4, 0.5) is 4.79 Å². The van der Waals surface area contributed by atoms with E-state index in [1.165, 1.54) is 6.08 Å². The van der Waals surface area contributed by atoms with Gasteiger partial charge in [0.1, 0.15) is 6.54 Å². The van der Waals surface area contributed by atoms with Gasteiger partial charge in [-0.25, -0.2) is 4.79 Å². The molecule has 0 radical (unpaired) electrons. The molecule has 0 atom stereocenters. The Morgan fingerprint density at radius 1 is 1.22 bits per heavy atom. The minimum Gasteiger partial charge on any atom is -0.490 e. The number of halogens is 1. The van der Waals surface area contributed by atoms with Crippen molar-refractivity contribution in [2.45, 2.75) is 6.92 Å². The van der Waals surface area contributed by atoms with Gasteiger partial charge in [0, 0.05) is 0 Å². The molecule has 1 heterocycles. The molecule has 0 saturated carbocycles.